The van der Waals surface area contributed by atoms with Crippen molar-refractivity contribution < 1.29 is 5.32 Å². The highest BCUT2D eigenvalue weighted by Crippen LogP contribution is 2.09. The summed E-state index contributed by atoms with van der Waals surface area (Å²) < 4.78 is 0. The monoisotopic (exact) mass is 221 g/mol. The van der Waals surface area contributed by atoms with Gasteiger partial charge in [0.05, 0.1) is 12.2 Å². The highest BCUT2D eigenvalue weighted by atomic mass is 14.9. The zero-order valence-corrected chi connectivity index (χ0v) is 10.7. The molecular weight excluding hydrogens is 196 g/mol. The van der Waals surface area contributed by atoms with Gasteiger partial charge in [0.25, 0.3) is 0 Å². The van der Waals surface area contributed by atoms with Gasteiger partial charge in [-0.15, -0.1) is 0 Å². The Morgan fingerprint density at radius 2 is 2.19 bits per heavy atom. The van der Waals surface area contributed by atoms with E-state index in [0.717, 1.165) is 12.5 Å². The molecule has 16 heavy (non-hydrogen) atoms. The van der Waals surface area contributed by atoms with E-state index in [1.54, 1.807) is 0 Å². The maximum absolute atomic E-state index is 4.33. The normalized spacial score (nSPS) is 12.6. The third kappa shape index (κ3) is 5.26. The predicted octanol–water partition coefficient (Wildman–Crippen LogP) is 2.36. The van der Waals surface area contributed by atoms with E-state index in [-0.39, 0.29) is 0 Å². The van der Waals surface area contributed by atoms with Gasteiger partial charge >= 0.3 is 0 Å². The van der Waals surface area contributed by atoms with Crippen molar-refractivity contribution in [3.63, 3.8) is 0 Å². The first-order chi connectivity index (χ1) is 7.86. The zero-order chi connectivity index (χ0) is 11.6. The smallest absolute Gasteiger partial charge is 0.118 e. The van der Waals surface area contributed by atoms with Crippen LogP contribution >= 0.6 is 0 Å². The quantitative estimate of drug-likeness (QED) is 0.717. The van der Waals surface area contributed by atoms with Crippen LogP contribution in [0.2, 0.25) is 0 Å². The van der Waals surface area contributed by atoms with Crippen LogP contribution in [0.3, 0.4) is 0 Å². The molecule has 90 valence electrons. The highest BCUT2D eigenvalue weighted by Gasteiger charge is 2.07. The number of aromatic nitrogens is 1. The minimum atomic E-state index is 0.878. The van der Waals surface area contributed by atoms with Gasteiger partial charge < -0.3 is 5.32 Å². The molecule has 2 nitrogen and oxygen atoms in total. The topological polar surface area (TPSA) is 29.5 Å². The van der Waals surface area contributed by atoms with Crippen molar-refractivity contribution in [3.05, 3.63) is 30.1 Å². The zero-order valence-electron chi connectivity index (χ0n) is 10.7. The van der Waals surface area contributed by atoms with Gasteiger partial charge in [0.2, 0.25) is 0 Å². The van der Waals surface area contributed by atoms with Crippen molar-refractivity contribution >= 4 is 0 Å². The summed E-state index contributed by atoms with van der Waals surface area (Å²) >= 11 is 0. The Balaban J connectivity index is 2.18. The van der Waals surface area contributed by atoms with Crippen LogP contribution < -0.4 is 5.32 Å². The lowest BCUT2D eigenvalue weighted by atomic mass is 9.99. The SMILES string of the molecule is CCCC[C@H](CC)C[NH2+]Cc1ccccn1. The van der Waals surface area contributed by atoms with E-state index in [4.69, 9.17) is 0 Å². The fraction of sp³-hybridized carbons (Fsp3) is 0.643. The Labute approximate surface area is 99.5 Å². The van der Waals surface area contributed by atoms with Gasteiger partial charge in [0, 0.05) is 12.1 Å². The maximum atomic E-state index is 4.33. The molecule has 0 amide bonds. The fourth-order valence-electron chi connectivity index (χ4n) is 1.97. The van der Waals surface area contributed by atoms with Crippen molar-refractivity contribution in [3.8, 4) is 0 Å². The number of nitrogens with zero attached hydrogens (tertiary/aromatic N) is 1. The summed E-state index contributed by atoms with van der Waals surface area (Å²) in [6.07, 6.45) is 7.24. The summed E-state index contributed by atoms with van der Waals surface area (Å²) in [6, 6.07) is 6.13. The van der Waals surface area contributed by atoms with E-state index < -0.39 is 0 Å². The molecule has 0 radical (unpaired) electrons. The Bertz CT molecular complexity index is 259. The Kier molecular flexibility index (Phi) is 6.82. The number of nitrogens with two attached hydrogens (primary N) is 1. The Morgan fingerprint density at radius 3 is 2.81 bits per heavy atom. The van der Waals surface area contributed by atoms with E-state index in [9.17, 15) is 0 Å². The van der Waals surface area contributed by atoms with Gasteiger partial charge in [-0.1, -0.05) is 32.8 Å². The summed E-state index contributed by atoms with van der Waals surface area (Å²) in [5.74, 6) is 0.878. The molecule has 0 fully saturated rings. The van der Waals surface area contributed by atoms with Crippen molar-refractivity contribution in [2.45, 2.75) is 46.1 Å². The second-order valence-corrected chi connectivity index (χ2v) is 4.47. The summed E-state index contributed by atoms with van der Waals surface area (Å²) in [5.41, 5.74) is 1.19. The van der Waals surface area contributed by atoms with Gasteiger partial charge in [-0.25, -0.2) is 0 Å². The van der Waals surface area contributed by atoms with Crippen LogP contribution in [-0.4, -0.2) is 11.5 Å². The Morgan fingerprint density at radius 1 is 1.31 bits per heavy atom. The fourth-order valence-corrected chi connectivity index (χ4v) is 1.97. The molecule has 0 aliphatic heterocycles. The first-order valence-electron chi connectivity index (χ1n) is 6.58. The molecule has 0 saturated heterocycles. The van der Waals surface area contributed by atoms with E-state index in [1.807, 2.05) is 12.3 Å². The molecule has 0 unspecified atom stereocenters. The molecular formula is C14H25N2+. The second-order valence-electron chi connectivity index (χ2n) is 4.47. The van der Waals surface area contributed by atoms with Crippen molar-refractivity contribution in [2.75, 3.05) is 6.54 Å². The molecule has 0 saturated carbocycles. The minimum Gasteiger partial charge on any atom is -0.341 e. The van der Waals surface area contributed by atoms with Crippen LogP contribution in [0.15, 0.2) is 24.4 Å². The lowest BCUT2D eigenvalue weighted by Gasteiger charge is -2.12. The molecule has 0 aliphatic carbocycles. The van der Waals surface area contributed by atoms with Crippen molar-refractivity contribution in [1.29, 1.82) is 0 Å². The van der Waals surface area contributed by atoms with Crippen LogP contribution in [0.4, 0.5) is 0 Å². The van der Waals surface area contributed by atoms with E-state index in [1.165, 1.54) is 37.9 Å². The lowest BCUT2D eigenvalue weighted by Crippen LogP contribution is -2.84. The number of quaternary nitrogens is 1. The largest absolute Gasteiger partial charge is 0.341 e. The number of pyridine rings is 1. The first kappa shape index (κ1) is 13.2. The lowest BCUT2D eigenvalue weighted by molar-refractivity contribution is -0.676. The first-order valence-corrected chi connectivity index (χ1v) is 6.58. The molecule has 1 aromatic heterocycles. The van der Waals surface area contributed by atoms with Gasteiger partial charge in [-0.05, 0) is 25.0 Å². The predicted molar refractivity (Wildman–Crippen MR) is 68.0 cm³/mol. The third-order valence-electron chi connectivity index (χ3n) is 3.12. The standard InChI is InChI=1S/C14H24N2/c1-3-5-8-13(4-2)11-15-12-14-9-6-7-10-16-14/h6-7,9-10,13,15H,3-5,8,11-12H2,1-2H3/p+1/t13-/m0/s1. The highest BCUT2D eigenvalue weighted by molar-refractivity contribution is 5.01. The van der Waals surface area contributed by atoms with Crippen LogP contribution in [0.1, 0.15) is 45.2 Å². The second kappa shape index (κ2) is 8.28. The molecule has 0 spiro atoms. The molecule has 0 aromatic carbocycles. The van der Waals surface area contributed by atoms with Gasteiger partial charge in [0.1, 0.15) is 6.54 Å². The molecule has 0 bridgehead atoms. The van der Waals surface area contributed by atoms with Crippen molar-refractivity contribution in [1.82, 2.24) is 4.98 Å². The van der Waals surface area contributed by atoms with Crippen molar-refractivity contribution in [2.24, 2.45) is 5.92 Å². The molecule has 0 aliphatic rings. The van der Waals surface area contributed by atoms with Crippen LogP contribution in [0.5, 0.6) is 0 Å². The number of unbranched alkanes of at least 4 members (excludes halogenated alkanes) is 1. The van der Waals surface area contributed by atoms with Crippen LogP contribution in [0, 0.1) is 5.92 Å². The molecule has 1 rings (SSSR count). The van der Waals surface area contributed by atoms with Gasteiger partial charge in [-0.3, -0.25) is 4.98 Å². The number of hydrogen-bond acceptors (Lipinski definition) is 1. The molecule has 2 N–H and O–H groups in total. The number of hydrogen-bond donors (Lipinski definition) is 1. The molecule has 1 aromatic rings. The molecule has 1 atom stereocenters. The maximum Gasteiger partial charge on any atom is 0.118 e. The average Bonchev–Trinajstić information content (AvgIpc) is 2.35. The molecule has 1 heterocycles. The summed E-state index contributed by atoms with van der Waals surface area (Å²) in [5, 5.41) is 2.40. The minimum absolute atomic E-state index is 0.878. The van der Waals surface area contributed by atoms with E-state index >= 15 is 0 Å². The number of rotatable bonds is 8. The van der Waals surface area contributed by atoms with E-state index in [2.05, 4.69) is 36.3 Å². The van der Waals surface area contributed by atoms with E-state index in [0.29, 0.717) is 0 Å². The summed E-state index contributed by atoms with van der Waals surface area (Å²) in [4.78, 5) is 4.33. The third-order valence-corrected chi connectivity index (χ3v) is 3.12. The summed E-state index contributed by atoms with van der Waals surface area (Å²) in [6.45, 7) is 6.83. The van der Waals surface area contributed by atoms with Gasteiger partial charge in [0.15, 0.2) is 0 Å². The molecule has 2 heteroatoms. The van der Waals surface area contributed by atoms with Crippen LogP contribution in [0.25, 0.3) is 0 Å². The van der Waals surface area contributed by atoms with Gasteiger partial charge in [-0.2, -0.15) is 0 Å². The Hall–Kier alpha value is -0.890. The average molecular weight is 221 g/mol. The summed E-state index contributed by atoms with van der Waals surface area (Å²) in [7, 11) is 0. The van der Waals surface area contributed by atoms with Crippen LogP contribution in [-0.2, 0) is 6.54 Å².